The summed E-state index contributed by atoms with van der Waals surface area (Å²) in [5.41, 5.74) is 1.29. The molecule has 1 spiro atoms. The number of rotatable bonds is 3. The molecule has 22 heavy (non-hydrogen) atoms. The lowest BCUT2D eigenvalue weighted by molar-refractivity contribution is -0.129. The molecule has 0 unspecified atom stereocenters. The van der Waals surface area contributed by atoms with Gasteiger partial charge >= 0.3 is 0 Å². The number of amides is 1. The van der Waals surface area contributed by atoms with Gasteiger partial charge in [-0.2, -0.15) is 0 Å². The normalized spacial score (nSPS) is 26.9. The highest BCUT2D eigenvalue weighted by atomic mass is 16.5. The van der Waals surface area contributed by atoms with Gasteiger partial charge in [0.25, 0.3) is 0 Å². The van der Waals surface area contributed by atoms with Crippen LogP contribution in [0.5, 0.6) is 0 Å². The number of hydrogen-bond donors (Lipinski definition) is 0. The summed E-state index contributed by atoms with van der Waals surface area (Å²) in [6.07, 6.45) is 0.621. The molecule has 2 aliphatic rings. The first kappa shape index (κ1) is 15.5. The van der Waals surface area contributed by atoms with E-state index in [1.54, 1.807) is 0 Å². The number of nitrogens with zero attached hydrogens (tertiary/aromatic N) is 2. The minimum absolute atomic E-state index is 0.0351. The van der Waals surface area contributed by atoms with Crippen molar-refractivity contribution in [2.24, 2.45) is 5.41 Å². The third-order valence-corrected chi connectivity index (χ3v) is 4.74. The molecule has 4 heteroatoms. The Balaban J connectivity index is 1.72. The molecule has 1 atom stereocenters. The number of carbonyl (C=O) groups is 1. The number of benzene rings is 1. The molecule has 2 fully saturated rings. The van der Waals surface area contributed by atoms with Gasteiger partial charge in [0.2, 0.25) is 5.91 Å². The Labute approximate surface area is 133 Å². The predicted molar refractivity (Wildman–Crippen MR) is 86.4 cm³/mol. The molecule has 1 aromatic rings. The molecule has 0 N–H and O–H groups in total. The maximum atomic E-state index is 12.3. The van der Waals surface area contributed by atoms with Crippen LogP contribution in [0.25, 0.3) is 0 Å². The summed E-state index contributed by atoms with van der Waals surface area (Å²) in [6, 6.07) is 10.8. The van der Waals surface area contributed by atoms with E-state index in [1.165, 1.54) is 5.56 Å². The molecule has 0 saturated carbocycles. The zero-order chi connectivity index (χ0) is 15.6. The molecule has 0 bridgehead atoms. The molecular weight excluding hydrogens is 276 g/mol. The van der Waals surface area contributed by atoms with Crippen molar-refractivity contribution in [1.29, 1.82) is 0 Å². The van der Waals surface area contributed by atoms with Gasteiger partial charge in [-0.1, -0.05) is 30.3 Å². The van der Waals surface area contributed by atoms with Gasteiger partial charge in [-0.25, -0.2) is 0 Å². The first-order valence-electron chi connectivity index (χ1n) is 8.21. The van der Waals surface area contributed by atoms with Crippen LogP contribution in [0, 0.1) is 5.41 Å². The van der Waals surface area contributed by atoms with E-state index in [2.05, 4.69) is 43.0 Å². The Kier molecular flexibility index (Phi) is 4.50. The summed E-state index contributed by atoms with van der Waals surface area (Å²) in [5.74, 6) is 0.278. The maximum Gasteiger partial charge on any atom is 0.223 e. The number of hydrogen-bond acceptors (Lipinski definition) is 3. The third-order valence-electron chi connectivity index (χ3n) is 4.74. The lowest BCUT2D eigenvalue weighted by Crippen LogP contribution is -2.41. The van der Waals surface area contributed by atoms with Crippen LogP contribution in [0.4, 0.5) is 0 Å². The predicted octanol–water partition coefficient (Wildman–Crippen LogP) is 2.15. The fraction of sp³-hybridized carbons (Fsp3) is 0.611. The second kappa shape index (κ2) is 6.39. The molecule has 1 amide bonds. The van der Waals surface area contributed by atoms with Crippen molar-refractivity contribution in [2.45, 2.75) is 32.9 Å². The van der Waals surface area contributed by atoms with Crippen molar-refractivity contribution in [1.82, 2.24) is 9.80 Å². The van der Waals surface area contributed by atoms with Gasteiger partial charge < -0.3 is 9.64 Å². The van der Waals surface area contributed by atoms with Crippen molar-refractivity contribution >= 4 is 5.91 Å². The molecule has 4 nitrogen and oxygen atoms in total. The topological polar surface area (TPSA) is 32.8 Å². The maximum absolute atomic E-state index is 12.3. The average molecular weight is 302 g/mol. The van der Waals surface area contributed by atoms with E-state index in [1.807, 2.05) is 11.0 Å². The van der Waals surface area contributed by atoms with Gasteiger partial charge in [-0.15, -0.1) is 0 Å². The Bertz CT molecular complexity index is 517. The Morgan fingerprint density at radius 3 is 2.68 bits per heavy atom. The fourth-order valence-electron chi connectivity index (χ4n) is 3.66. The fourth-order valence-corrected chi connectivity index (χ4v) is 3.66. The zero-order valence-electron chi connectivity index (χ0n) is 13.6. The molecule has 1 aromatic carbocycles. The zero-order valence-corrected chi connectivity index (χ0v) is 13.6. The summed E-state index contributed by atoms with van der Waals surface area (Å²) in [4.78, 5) is 16.8. The van der Waals surface area contributed by atoms with Gasteiger partial charge in [-0.05, 0) is 19.4 Å². The monoisotopic (exact) mass is 302 g/mol. The summed E-state index contributed by atoms with van der Waals surface area (Å²) in [5, 5.41) is 0. The first-order valence-corrected chi connectivity index (χ1v) is 8.21. The molecule has 2 aliphatic heterocycles. The smallest absolute Gasteiger partial charge is 0.223 e. The second-order valence-electron chi connectivity index (χ2n) is 7.04. The molecule has 0 aromatic heterocycles. The van der Waals surface area contributed by atoms with Crippen molar-refractivity contribution < 1.29 is 9.53 Å². The van der Waals surface area contributed by atoms with E-state index in [0.29, 0.717) is 13.0 Å². The molecule has 0 aliphatic carbocycles. The lowest BCUT2D eigenvalue weighted by Gasteiger charge is -2.32. The quantitative estimate of drug-likeness (QED) is 0.857. The van der Waals surface area contributed by atoms with Crippen LogP contribution in [0.15, 0.2) is 30.3 Å². The number of likely N-dealkylation sites (tertiary alicyclic amines) is 1. The van der Waals surface area contributed by atoms with Crippen LogP contribution < -0.4 is 0 Å². The lowest BCUT2D eigenvalue weighted by atomic mass is 9.87. The summed E-state index contributed by atoms with van der Waals surface area (Å²) in [7, 11) is 0. The van der Waals surface area contributed by atoms with Crippen molar-refractivity contribution in [2.75, 3.05) is 32.8 Å². The molecule has 0 radical (unpaired) electrons. The average Bonchev–Trinajstić information content (AvgIpc) is 2.69. The minimum Gasteiger partial charge on any atom is -0.379 e. The van der Waals surface area contributed by atoms with E-state index in [4.69, 9.17) is 4.74 Å². The third kappa shape index (κ3) is 3.33. The van der Waals surface area contributed by atoms with Crippen molar-refractivity contribution in [3.63, 3.8) is 0 Å². The van der Waals surface area contributed by atoms with E-state index in [9.17, 15) is 4.79 Å². The number of carbonyl (C=O) groups excluding carboxylic acids is 1. The highest BCUT2D eigenvalue weighted by Gasteiger charge is 2.46. The van der Waals surface area contributed by atoms with Crippen molar-refractivity contribution in [3.05, 3.63) is 35.9 Å². The van der Waals surface area contributed by atoms with Crippen molar-refractivity contribution in [3.8, 4) is 0 Å². The highest BCUT2D eigenvalue weighted by Crippen LogP contribution is 2.35. The van der Waals surface area contributed by atoms with E-state index in [-0.39, 0.29) is 17.4 Å². The van der Waals surface area contributed by atoms with Crippen LogP contribution in [0.1, 0.15) is 25.8 Å². The number of ether oxygens (including phenoxy) is 1. The van der Waals surface area contributed by atoms with E-state index < -0.39 is 0 Å². The van der Waals surface area contributed by atoms with Crippen LogP contribution in [-0.2, 0) is 16.1 Å². The Morgan fingerprint density at radius 2 is 2.00 bits per heavy atom. The minimum atomic E-state index is -0.0351. The largest absolute Gasteiger partial charge is 0.379 e. The standard InChI is InChI=1S/C18H26N2O2/c1-15(2)20-13-18(10-17(20)21)12-19(8-9-22-14-18)11-16-6-4-3-5-7-16/h3-7,15H,8-14H2,1-2H3/t18-/m0/s1. The van der Waals surface area contributed by atoms with Crippen LogP contribution in [0.2, 0.25) is 0 Å². The van der Waals surface area contributed by atoms with E-state index in [0.717, 1.165) is 32.8 Å². The highest BCUT2D eigenvalue weighted by molar-refractivity contribution is 5.79. The Morgan fingerprint density at radius 1 is 1.23 bits per heavy atom. The summed E-state index contributed by atoms with van der Waals surface area (Å²) >= 11 is 0. The summed E-state index contributed by atoms with van der Waals surface area (Å²) < 4.78 is 5.86. The molecule has 2 saturated heterocycles. The molecular formula is C18H26N2O2. The van der Waals surface area contributed by atoms with Crippen LogP contribution in [-0.4, -0.2) is 54.6 Å². The van der Waals surface area contributed by atoms with Crippen LogP contribution >= 0.6 is 0 Å². The van der Waals surface area contributed by atoms with Gasteiger partial charge in [0.1, 0.15) is 0 Å². The molecule has 3 rings (SSSR count). The Hall–Kier alpha value is -1.39. The molecule has 2 heterocycles. The first-order chi connectivity index (χ1) is 10.6. The van der Waals surface area contributed by atoms with E-state index >= 15 is 0 Å². The van der Waals surface area contributed by atoms with Gasteiger partial charge in [-0.3, -0.25) is 9.69 Å². The summed E-state index contributed by atoms with van der Waals surface area (Å²) in [6.45, 7) is 9.28. The molecule has 120 valence electrons. The van der Waals surface area contributed by atoms with Gasteiger partial charge in [0.05, 0.1) is 13.2 Å². The second-order valence-corrected chi connectivity index (χ2v) is 7.04. The van der Waals surface area contributed by atoms with Crippen LogP contribution in [0.3, 0.4) is 0 Å². The van der Waals surface area contributed by atoms with Gasteiger partial charge in [0.15, 0.2) is 0 Å². The SMILES string of the molecule is CC(C)N1C[C@]2(COCCN(Cc3ccccc3)C2)CC1=O. The van der Waals surface area contributed by atoms with Gasteiger partial charge in [0, 0.05) is 44.1 Å².